The summed E-state index contributed by atoms with van der Waals surface area (Å²) in [4.78, 5) is 9.32. The topological polar surface area (TPSA) is 70.1 Å². The molecule has 5 nitrogen and oxygen atoms in total. The third kappa shape index (κ3) is 4.32. The van der Waals surface area contributed by atoms with Crippen molar-refractivity contribution in [3.05, 3.63) is 58.6 Å². The summed E-state index contributed by atoms with van der Waals surface area (Å²) in [6.07, 6.45) is 4.72. The van der Waals surface area contributed by atoms with Crippen molar-refractivity contribution in [2.45, 2.75) is 31.7 Å². The Balaban J connectivity index is 1.68. The molecule has 0 saturated heterocycles. The molecular formula is C21H20Cl2N4O. The van der Waals surface area contributed by atoms with Gasteiger partial charge in [0, 0.05) is 23.4 Å². The molecule has 0 aliphatic heterocycles. The van der Waals surface area contributed by atoms with Crippen LogP contribution < -0.4 is 10.6 Å². The van der Waals surface area contributed by atoms with Gasteiger partial charge in [-0.3, -0.25) is 0 Å². The first kappa shape index (κ1) is 18.8. The van der Waals surface area contributed by atoms with Crippen molar-refractivity contribution in [3.63, 3.8) is 0 Å². The summed E-state index contributed by atoms with van der Waals surface area (Å²) in [6, 6.07) is 15.5. The zero-order valence-corrected chi connectivity index (χ0v) is 16.6. The van der Waals surface area contributed by atoms with Crippen molar-refractivity contribution in [1.29, 1.82) is 0 Å². The maximum atomic E-state index is 9.77. The van der Waals surface area contributed by atoms with Crippen LogP contribution in [0.15, 0.2) is 48.5 Å². The van der Waals surface area contributed by atoms with E-state index in [2.05, 4.69) is 15.6 Å². The van der Waals surface area contributed by atoms with E-state index in [1.54, 1.807) is 12.1 Å². The number of nitrogens with zero attached hydrogens (tertiary/aromatic N) is 2. The smallest absolute Gasteiger partial charge is 0.225 e. The molecule has 4 rings (SSSR count). The molecule has 0 amide bonds. The molecule has 1 aromatic heterocycles. The normalized spacial score (nSPS) is 14.2. The number of phenols is 1. The van der Waals surface area contributed by atoms with Gasteiger partial charge in [0.15, 0.2) is 5.75 Å². The van der Waals surface area contributed by atoms with E-state index in [1.807, 2.05) is 36.4 Å². The van der Waals surface area contributed by atoms with Crippen molar-refractivity contribution in [2.24, 2.45) is 0 Å². The number of phenolic OH excluding ortho intramolecular Hbond substituents is 1. The van der Waals surface area contributed by atoms with Crippen molar-refractivity contribution in [3.8, 4) is 17.0 Å². The van der Waals surface area contributed by atoms with E-state index in [0.29, 0.717) is 23.5 Å². The van der Waals surface area contributed by atoms with Crippen molar-refractivity contribution in [1.82, 2.24) is 9.97 Å². The summed E-state index contributed by atoms with van der Waals surface area (Å²) in [5.41, 5.74) is 2.45. The zero-order chi connectivity index (χ0) is 19.5. The first-order valence-electron chi connectivity index (χ1n) is 9.24. The number of anilines is 3. The Morgan fingerprint density at radius 2 is 1.61 bits per heavy atom. The minimum absolute atomic E-state index is 0.134. The molecule has 0 bridgehead atoms. The van der Waals surface area contributed by atoms with Gasteiger partial charge >= 0.3 is 0 Å². The van der Waals surface area contributed by atoms with Gasteiger partial charge in [0.05, 0.1) is 15.7 Å². The predicted octanol–water partition coefficient (Wildman–Crippen LogP) is 6.25. The Bertz CT molecular complexity index is 952. The quantitative estimate of drug-likeness (QED) is 0.430. The zero-order valence-electron chi connectivity index (χ0n) is 15.1. The second kappa shape index (κ2) is 8.25. The van der Waals surface area contributed by atoms with Crippen LogP contribution in [-0.4, -0.2) is 21.1 Å². The van der Waals surface area contributed by atoms with Gasteiger partial charge in [0.2, 0.25) is 5.95 Å². The second-order valence-corrected chi connectivity index (χ2v) is 7.68. The van der Waals surface area contributed by atoms with Gasteiger partial charge in [-0.05, 0) is 25.0 Å². The highest BCUT2D eigenvalue weighted by Gasteiger charge is 2.17. The SMILES string of the molecule is Oc1c(Cl)cc(Nc2cc(-c3ccccc3)nc(NC3CCCC3)n2)cc1Cl. The number of halogens is 2. The first-order chi connectivity index (χ1) is 13.6. The van der Waals surface area contributed by atoms with Crippen LogP contribution >= 0.6 is 23.2 Å². The van der Waals surface area contributed by atoms with E-state index in [0.717, 1.165) is 24.1 Å². The van der Waals surface area contributed by atoms with Crippen LogP contribution in [0.5, 0.6) is 5.75 Å². The minimum atomic E-state index is -0.134. The van der Waals surface area contributed by atoms with Crippen LogP contribution in [0.3, 0.4) is 0 Å². The largest absolute Gasteiger partial charge is 0.505 e. The standard InChI is InChI=1S/C21H20Cl2N4O/c22-16-10-15(11-17(23)20(16)28)24-19-12-18(13-6-2-1-3-7-13)26-21(27-19)25-14-8-4-5-9-14/h1-3,6-7,10-12,14,28H,4-5,8-9H2,(H2,24,25,26,27). The summed E-state index contributed by atoms with van der Waals surface area (Å²) in [7, 11) is 0. The highest BCUT2D eigenvalue weighted by Crippen LogP contribution is 2.36. The molecule has 3 aromatic rings. The predicted molar refractivity (Wildman–Crippen MR) is 115 cm³/mol. The van der Waals surface area contributed by atoms with E-state index in [9.17, 15) is 5.11 Å². The monoisotopic (exact) mass is 414 g/mol. The summed E-state index contributed by atoms with van der Waals surface area (Å²) < 4.78 is 0. The second-order valence-electron chi connectivity index (χ2n) is 6.87. The van der Waals surface area contributed by atoms with Gasteiger partial charge in [0.1, 0.15) is 5.82 Å². The molecule has 1 saturated carbocycles. The van der Waals surface area contributed by atoms with Crippen LogP contribution in [0.4, 0.5) is 17.5 Å². The molecule has 7 heteroatoms. The average Bonchev–Trinajstić information content (AvgIpc) is 3.19. The molecule has 1 aliphatic rings. The van der Waals surface area contributed by atoms with Crippen molar-refractivity contribution in [2.75, 3.05) is 10.6 Å². The Labute approximate surface area is 173 Å². The lowest BCUT2D eigenvalue weighted by Crippen LogP contribution is -2.17. The van der Waals surface area contributed by atoms with Crippen molar-refractivity contribution < 1.29 is 5.11 Å². The molecule has 0 atom stereocenters. The van der Waals surface area contributed by atoms with Gasteiger partial charge < -0.3 is 15.7 Å². The fraction of sp³-hybridized carbons (Fsp3) is 0.238. The number of hydrogen-bond acceptors (Lipinski definition) is 5. The molecule has 28 heavy (non-hydrogen) atoms. The third-order valence-electron chi connectivity index (χ3n) is 4.77. The van der Waals surface area contributed by atoms with Crippen LogP contribution in [0.25, 0.3) is 11.3 Å². The Kier molecular flexibility index (Phi) is 5.55. The number of nitrogens with one attached hydrogen (secondary N) is 2. The summed E-state index contributed by atoms with van der Waals surface area (Å²) in [5.74, 6) is 1.07. The third-order valence-corrected chi connectivity index (χ3v) is 5.35. The van der Waals surface area contributed by atoms with E-state index in [1.165, 1.54) is 12.8 Å². The molecule has 1 aliphatic carbocycles. The number of aromatic nitrogens is 2. The number of aromatic hydroxyl groups is 1. The van der Waals surface area contributed by atoms with Crippen LogP contribution in [0, 0.1) is 0 Å². The molecule has 1 heterocycles. The maximum Gasteiger partial charge on any atom is 0.225 e. The molecule has 1 fully saturated rings. The molecular weight excluding hydrogens is 395 g/mol. The van der Waals surface area contributed by atoms with Crippen LogP contribution in [0.2, 0.25) is 10.0 Å². The average molecular weight is 415 g/mol. The Hall–Kier alpha value is -2.50. The van der Waals surface area contributed by atoms with Gasteiger partial charge in [-0.25, -0.2) is 4.98 Å². The molecule has 3 N–H and O–H groups in total. The van der Waals surface area contributed by atoms with Gasteiger partial charge in [-0.15, -0.1) is 0 Å². The number of hydrogen-bond donors (Lipinski definition) is 3. The fourth-order valence-electron chi connectivity index (χ4n) is 3.37. The summed E-state index contributed by atoms with van der Waals surface area (Å²) in [5, 5.41) is 16.8. The Morgan fingerprint density at radius 1 is 0.929 bits per heavy atom. The molecule has 0 radical (unpaired) electrons. The highest BCUT2D eigenvalue weighted by atomic mass is 35.5. The van der Waals surface area contributed by atoms with E-state index in [-0.39, 0.29) is 15.8 Å². The van der Waals surface area contributed by atoms with Gasteiger partial charge in [-0.1, -0.05) is 66.4 Å². The van der Waals surface area contributed by atoms with Gasteiger partial charge in [0.25, 0.3) is 0 Å². The molecule has 144 valence electrons. The molecule has 0 unspecified atom stereocenters. The van der Waals surface area contributed by atoms with Crippen LogP contribution in [-0.2, 0) is 0 Å². The summed E-state index contributed by atoms with van der Waals surface area (Å²) in [6.45, 7) is 0. The van der Waals surface area contributed by atoms with E-state index in [4.69, 9.17) is 28.2 Å². The number of rotatable bonds is 5. The lowest BCUT2D eigenvalue weighted by molar-refractivity contribution is 0.476. The van der Waals surface area contributed by atoms with Gasteiger partial charge in [-0.2, -0.15) is 4.98 Å². The maximum absolute atomic E-state index is 9.77. The van der Waals surface area contributed by atoms with Crippen molar-refractivity contribution >= 4 is 40.7 Å². The lowest BCUT2D eigenvalue weighted by Gasteiger charge is -2.15. The fourth-order valence-corrected chi connectivity index (χ4v) is 3.86. The molecule has 0 spiro atoms. The number of benzene rings is 2. The first-order valence-corrected chi connectivity index (χ1v) is 10.00. The Morgan fingerprint density at radius 3 is 2.29 bits per heavy atom. The minimum Gasteiger partial charge on any atom is -0.505 e. The van der Waals surface area contributed by atoms with E-state index >= 15 is 0 Å². The summed E-state index contributed by atoms with van der Waals surface area (Å²) >= 11 is 12.1. The van der Waals surface area contributed by atoms with Crippen LogP contribution in [0.1, 0.15) is 25.7 Å². The molecule has 2 aromatic carbocycles. The lowest BCUT2D eigenvalue weighted by atomic mass is 10.1. The van der Waals surface area contributed by atoms with E-state index < -0.39 is 0 Å². The highest BCUT2D eigenvalue weighted by molar-refractivity contribution is 6.37.